The zero-order valence-corrected chi connectivity index (χ0v) is 8.00. The van der Waals surface area contributed by atoms with Crippen LogP contribution < -0.4 is 0 Å². The zero-order chi connectivity index (χ0) is 10.4. The Morgan fingerprint density at radius 1 is 1.64 bits per heavy atom. The minimum Gasteiger partial charge on any atom is -0.466 e. The molecule has 0 saturated carbocycles. The van der Waals surface area contributed by atoms with Crippen LogP contribution in [0.3, 0.4) is 0 Å². The third-order valence-corrected chi connectivity index (χ3v) is 1.71. The summed E-state index contributed by atoms with van der Waals surface area (Å²) in [6.07, 6.45) is 2.14. The molecule has 0 saturated heterocycles. The van der Waals surface area contributed by atoms with Gasteiger partial charge in [0.05, 0.1) is 6.61 Å². The van der Waals surface area contributed by atoms with E-state index < -0.39 is 5.95 Å². The molecule has 1 heterocycles. The van der Waals surface area contributed by atoms with Crippen molar-refractivity contribution in [2.75, 3.05) is 6.61 Å². The van der Waals surface area contributed by atoms with E-state index in [0.29, 0.717) is 13.0 Å². The van der Waals surface area contributed by atoms with Gasteiger partial charge in [0.15, 0.2) is 0 Å². The first-order chi connectivity index (χ1) is 6.72. The molecule has 1 aromatic rings. The molecule has 0 amide bonds. The fourth-order valence-electron chi connectivity index (χ4n) is 1.08. The lowest BCUT2D eigenvalue weighted by Gasteiger charge is -2.01. The summed E-state index contributed by atoms with van der Waals surface area (Å²) in [7, 11) is 0. The lowest BCUT2D eigenvalue weighted by molar-refractivity contribution is -0.143. The summed E-state index contributed by atoms with van der Waals surface area (Å²) in [5.41, 5.74) is 0.755. The summed E-state index contributed by atoms with van der Waals surface area (Å²) in [4.78, 5) is 14.4. The van der Waals surface area contributed by atoms with Crippen molar-refractivity contribution in [3.05, 3.63) is 29.8 Å². The van der Waals surface area contributed by atoms with Gasteiger partial charge < -0.3 is 4.74 Å². The van der Waals surface area contributed by atoms with Gasteiger partial charge in [0.2, 0.25) is 5.95 Å². The molecule has 14 heavy (non-hydrogen) atoms. The molecule has 0 aliphatic carbocycles. The normalized spacial score (nSPS) is 9.86. The summed E-state index contributed by atoms with van der Waals surface area (Å²) in [5.74, 6) is -0.781. The number of carbonyl (C=O) groups is 1. The number of pyridine rings is 1. The van der Waals surface area contributed by atoms with E-state index in [9.17, 15) is 9.18 Å². The van der Waals surface area contributed by atoms with Gasteiger partial charge in [-0.2, -0.15) is 4.39 Å². The van der Waals surface area contributed by atoms with Crippen molar-refractivity contribution in [2.24, 2.45) is 0 Å². The van der Waals surface area contributed by atoms with E-state index in [0.717, 1.165) is 5.56 Å². The summed E-state index contributed by atoms with van der Waals surface area (Å²) >= 11 is 0. The summed E-state index contributed by atoms with van der Waals surface area (Å²) < 4.78 is 17.4. The molecule has 0 aromatic carbocycles. The van der Waals surface area contributed by atoms with Crippen LogP contribution in [0.5, 0.6) is 0 Å². The Morgan fingerprint density at radius 3 is 3.07 bits per heavy atom. The van der Waals surface area contributed by atoms with Gasteiger partial charge >= 0.3 is 5.97 Å². The maximum atomic E-state index is 12.6. The average molecular weight is 197 g/mol. The van der Waals surface area contributed by atoms with Gasteiger partial charge in [-0.1, -0.05) is 0 Å². The van der Waals surface area contributed by atoms with E-state index in [2.05, 4.69) is 4.98 Å². The molecule has 1 rings (SSSR count). The highest BCUT2D eigenvalue weighted by Crippen LogP contribution is 2.04. The fourth-order valence-corrected chi connectivity index (χ4v) is 1.08. The van der Waals surface area contributed by atoms with E-state index in [1.807, 2.05) is 0 Å². The molecule has 1 aromatic heterocycles. The highest BCUT2D eigenvalue weighted by Gasteiger charge is 2.03. The lowest BCUT2D eigenvalue weighted by Crippen LogP contribution is -2.05. The third kappa shape index (κ3) is 3.51. The number of esters is 1. The second-order valence-electron chi connectivity index (χ2n) is 2.79. The largest absolute Gasteiger partial charge is 0.466 e. The maximum Gasteiger partial charge on any atom is 0.306 e. The van der Waals surface area contributed by atoms with Gasteiger partial charge in [-0.3, -0.25) is 4.79 Å². The van der Waals surface area contributed by atoms with Crippen molar-refractivity contribution in [3.63, 3.8) is 0 Å². The predicted molar refractivity (Wildman–Crippen MR) is 49.1 cm³/mol. The van der Waals surface area contributed by atoms with Gasteiger partial charge in [-0.25, -0.2) is 4.98 Å². The van der Waals surface area contributed by atoms with Crippen molar-refractivity contribution >= 4 is 5.97 Å². The van der Waals surface area contributed by atoms with Gasteiger partial charge in [0, 0.05) is 12.6 Å². The molecule has 3 nitrogen and oxygen atoms in total. The Labute approximate surface area is 81.9 Å². The third-order valence-electron chi connectivity index (χ3n) is 1.71. The fraction of sp³-hybridized carbons (Fsp3) is 0.400. The van der Waals surface area contributed by atoms with Crippen molar-refractivity contribution in [2.45, 2.75) is 19.8 Å². The number of aromatic nitrogens is 1. The van der Waals surface area contributed by atoms with Crippen LogP contribution in [-0.2, 0) is 16.0 Å². The van der Waals surface area contributed by atoms with Crippen LogP contribution in [0.25, 0.3) is 0 Å². The van der Waals surface area contributed by atoms with E-state index in [1.165, 1.54) is 12.3 Å². The van der Waals surface area contributed by atoms with Gasteiger partial charge in [-0.05, 0) is 31.0 Å². The molecule has 4 heteroatoms. The van der Waals surface area contributed by atoms with Crippen molar-refractivity contribution in [1.29, 1.82) is 0 Å². The number of ether oxygens (including phenoxy) is 1. The number of aryl methyl sites for hydroxylation is 1. The van der Waals surface area contributed by atoms with Crippen LogP contribution in [0.15, 0.2) is 18.3 Å². The smallest absolute Gasteiger partial charge is 0.306 e. The Bertz CT molecular complexity index is 315. The first-order valence-corrected chi connectivity index (χ1v) is 4.48. The SMILES string of the molecule is CCOC(=O)CCc1ccnc(F)c1. The first kappa shape index (κ1) is 10.6. The van der Waals surface area contributed by atoms with Crippen LogP contribution in [-0.4, -0.2) is 17.6 Å². The monoisotopic (exact) mass is 197 g/mol. The number of halogens is 1. The highest BCUT2D eigenvalue weighted by molar-refractivity contribution is 5.69. The van der Waals surface area contributed by atoms with Crippen LogP contribution in [0.1, 0.15) is 18.9 Å². The number of nitrogens with zero attached hydrogens (tertiary/aromatic N) is 1. The highest BCUT2D eigenvalue weighted by atomic mass is 19.1. The van der Waals surface area contributed by atoms with Gasteiger partial charge in [-0.15, -0.1) is 0 Å². The standard InChI is InChI=1S/C10H12FNO2/c1-2-14-10(13)4-3-8-5-6-12-9(11)7-8/h5-7H,2-4H2,1H3. The summed E-state index contributed by atoms with van der Waals surface area (Å²) in [6, 6.07) is 3.00. The minimum atomic E-state index is -0.522. The van der Waals surface area contributed by atoms with Gasteiger partial charge in [0.25, 0.3) is 0 Å². The van der Waals surface area contributed by atoms with Crippen molar-refractivity contribution in [1.82, 2.24) is 4.98 Å². The second kappa shape index (κ2) is 5.32. The predicted octanol–water partition coefficient (Wildman–Crippen LogP) is 1.72. The molecular formula is C10H12FNO2. The Balaban J connectivity index is 2.41. The van der Waals surface area contributed by atoms with E-state index >= 15 is 0 Å². The molecule has 0 unspecified atom stereocenters. The molecule has 0 spiro atoms. The number of rotatable bonds is 4. The van der Waals surface area contributed by atoms with Crippen LogP contribution in [0.2, 0.25) is 0 Å². The molecule has 0 atom stereocenters. The molecule has 0 radical (unpaired) electrons. The molecule has 0 aliphatic heterocycles. The summed E-state index contributed by atoms with van der Waals surface area (Å²) in [6.45, 7) is 2.13. The van der Waals surface area contributed by atoms with Gasteiger partial charge in [0.1, 0.15) is 0 Å². The molecule has 0 fully saturated rings. The first-order valence-electron chi connectivity index (χ1n) is 4.48. The zero-order valence-electron chi connectivity index (χ0n) is 8.00. The second-order valence-corrected chi connectivity index (χ2v) is 2.79. The molecule has 76 valence electrons. The quantitative estimate of drug-likeness (QED) is 0.545. The Hall–Kier alpha value is -1.45. The van der Waals surface area contributed by atoms with E-state index in [4.69, 9.17) is 4.74 Å². The number of hydrogen-bond donors (Lipinski definition) is 0. The van der Waals surface area contributed by atoms with Crippen LogP contribution in [0.4, 0.5) is 4.39 Å². The lowest BCUT2D eigenvalue weighted by atomic mass is 10.1. The van der Waals surface area contributed by atoms with Crippen molar-refractivity contribution in [3.8, 4) is 0 Å². The van der Waals surface area contributed by atoms with Crippen molar-refractivity contribution < 1.29 is 13.9 Å². The molecule has 0 bridgehead atoms. The number of carbonyl (C=O) groups excluding carboxylic acids is 1. The molecule has 0 aliphatic rings. The number of hydrogen-bond acceptors (Lipinski definition) is 3. The maximum absolute atomic E-state index is 12.6. The van der Waals surface area contributed by atoms with Crippen LogP contribution in [0, 0.1) is 5.95 Å². The Morgan fingerprint density at radius 2 is 2.43 bits per heavy atom. The summed E-state index contributed by atoms with van der Waals surface area (Å²) in [5, 5.41) is 0. The topological polar surface area (TPSA) is 39.2 Å². The molecule has 0 N–H and O–H groups in total. The average Bonchev–Trinajstić information content (AvgIpc) is 2.15. The van der Waals surface area contributed by atoms with Crippen LogP contribution >= 0.6 is 0 Å². The van der Waals surface area contributed by atoms with E-state index in [-0.39, 0.29) is 12.4 Å². The van der Waals surface area contributed by atoms with E-state index in [1.54, 1.807) is 13.0 Å². The Kier molecular flexibility index (Phi) is 4.04. The molecular weight excluding hydrogens is 185 g/mol. The minimum absolute atomic E-state index is 0.260.